The molecule has 0 spiro atoms. The summed E-state index contributed by atoms with van der Waals surface area (Å²) in [5.41, 5.74) is 11.4. The summed E-state index contributed by atoms with van der Waals surface area (Å²) in [6, 6.07) is 9.75. The van der Waals surface area contributed by atoms with E-state index in [1.54, 1.807) is 0 Å². The molecule has 4 N–H and O–H groups in total. The molecule has 0 amide bonds. The van der Waals surface area contributed by atoms with Crippen molar-refractivity contribution in [1.82, 2.24) is 0 Å². The van der Waals surface area contributed by atoms with Crippen LogP contribution in [0.5, 0.6) is 0 Å². The van der Waals surface area contributed by atoms with Crippen molar-refractivity contribution < 1.29 is 9.47 Å². The first-order valence-electron chi connectivity index (χ1n) is 9.94. The fourth-order valence-electron chi connectivity index (χ4n) is 2.14. The van der Waals surface area contributed by atoms with Crippen LogP contribution in [0.2, 0.25) is 0 Å². The van der Waals surface area contributed by atoms with Crippen molar-refractivity contribution in [3.05, 3.63) is 35.9 Å². The number of hydrogen-bond acceptors (Lipinski definition) is 4. The van der Waals surface area contributed by atoms with Gasteiger partial charge in [-0.05, 0) is 36.4 Å². The van der Waals surface area contributed by atoms with Crippen molar-refractivity contribution in [2.45, 2.75) is 78.7 Å². The predicted octanol–water partition coefficient (Wildman–Crippen LogP) is 5.86. The average molecular weight is 415 g/mol. The van der Waals surface area contributed by atoms with Gasteiger partial charge in [0.05, 0.1) is 6.61 Å². The Balaban J connectivity index is 0. The standard InChI is InChI=1S/C11H23NOS.C8H9NOS.C2H6/c1-2-3-4-5-6-7-8-9-10-13-11(12)14;9-8(11)10-6-7-4-2-1-3-5-7;1-2/h2-10H2,1H3,(H2,12,14);1-5H,6H2,(H2,9,11);1-2H3. The Bertz CT molecular complexity index is 457. The van der Waals surface area contributed by atoms with Crippen molar-refractivity contribution >= 4 is 34.8 Å². The van der Waals surface area contributed by atoms with Gasteiger partial charge in [0.1, 0.15) is 6.61 Å². The minimum absolute atomic E-state index is 0.0915. The summed E-state index contributed by atoms with van der Waals surface area (Å²) in [5.74, 6) is 0. The van der Waals surface area contributed by atoms with Crippen LogP contribution in [0, 0.1) is 0 Å². The van der Waals surface area contributed by atoms with Gasteiger partial charge in [0, 0.05) is 0 Å². The molecule has 0 heterocycles. The SMILES string of the molecule is CC.CCCCCCCCCCOC(N)=S.NC(=S)OCc1ccccc1. The molecular formula is C21H38N2O2S2. The molecule has 0 saturated carbocycles. The van der Waals surface area contributed by atoms with Crippen molar-refractivity contribution in [3.8, 4) is 0 Å². The lowest BCUT2D eigenvalue weighted by Gasteiger charge is -2.03. The molecule has 0 fully saturated rings. The third-order valence-corrected chi connectivity index (χ3v) is 3.70. The van der Waals surface area contributed by atoms with Crippen LogP contribution in [0.3, 0.4) is 0 Å². The van der Waals surface area contributed by atoms with Gasteiger partial charge in [-0.2, -0.15) is 0 Å². The van der Waals surface area contributed by atoms with Crippen LogP contribution < -0.4 is 11.5 Å². The summed E-state index contributed by atoms with van der Waals surface area (Å²) >= 11 is 9.15. The van der Waals surface area contributed by atoms with Gasteiger partial charge in [0.15, 0.2) is 0 Å². The molecule has 0 aliphatic carbocycles. The van der Waals surface area contributed by atoms with Gasteiger partial charge < -0.3 is 20.9 Å². The fraction of sp³-hybridized carbons (Fsp3) is 0.619. The zero-order chi connectivity index (χ0) is 20.8. The molecule has 0 aliphatic heterocycles. The maximum absolute atomic E-state index is 5.20. The molecule has 1 rings (SSSR count). The molecule has 0 atom stereocenters. The summed E-state index contributed by atoms with van der Waals surface area (Å²) in [4.78, 5) is 0. The highest BCUT2D eigenvalue weighted by Crippen LogP contribution is 2.08. The molecule has 4 nitrogen and oxygen atoms in total. The van der Waals surface area contributed by atoms with Crippen LogP contribution in [0.1, 0.15) is 77.7 Å². The van der Waals surface area contributed by atoms with Gasteiger partial charge >= 0.3 is 0 Å². The lowest BCUT2D eigenvalue weighted by molar-refractivity contribution is 0.295. The van der Waals surface area contributed by atoms with Gasteiger partial charge in [0.25, 0.3) is 10.3 Å². The highest BCUT2D eigenvalue weighted by Gasteiger charge is 1.93. The first-order chi connectivity index (χ1) is 13.1. The van der Waals surface area contributed by atoms with Crippen LogP contribution in [0.25, 0.3) is 0 Å². The number of rotatable bonds is 11. The van der Waals surface area contributed by atoms with Crippen molar-refractivity contribution in [3.63, 3.8) is 0 Å². The molecule has 6 heteroatoms. The van der Waals surface area contributed by atoms with Crippen LogP contribution in [0.4, 0.5) is 0 Å². The van der Waals surface area contributed by atoms with E-state index in [9.17, 15) is 0 Å². The monoisotopic (exact) mass is 414 g/mol. The molecule has 0 bridgehead atoms. The van der Waals surface area contributed by atoms with Crippen molar-refractivity contribution in [1.29, 1.82) is 0 Å². The van der Waals surface area contributed by atoms with Crippen molar-refractivity contribution in [2.75, 3.05) is 6.61 Å². The van der Waals surface area contributed by atoms with Gasteiger partial charge in [-0.3, -0.25) is 0 Å². The maximum Gasteiger partial charge on any atom is 0.254 e. The Morgan fingerprint density at radius 1 is 0.778 bits per heavy atom. The van der Waals surface area contributed by atoms with Gasteiger partial charge in [-0.25, -0.2) is 0 Å². The second-order valence-corrected chi connectivity index (χ2v) is 6.54. The fourth-order valence-corrected chi connectivity index (χ4v) is 2.28. The van der Waals surface area contributed by atoms with Gasteiger partial charge in [-0.1, -0.05) is 96.0 Å². The van der Waals surface area contributed by atoms with E-state index >= 15 is 0 Å². The Kier molecular flexibility index (Phi) is 23.3. The number of unbranched alkanes of at least 4 members (excludes halogenated alkanes) is 7. The number of ether oxygens (including phenoxy) is 2. The third-order valence-electron chi connectivity index (χ3n) is 3.47. The van der Waals surface area contributed by atoms with E-state index in [1.807, 2.05) is 44.2 Å². The van der Waals surface area contributed by atoms with E-state index in [1.165, 1.54) is 44.9 Å². The molecule has 27 heavy (non-hydrogen) atoms. The summed E-state index contributed by atoms with van der Waals surface area (Å²) in [6.45, 7) is 7.38. The maximum atomic E-state index is 5.20. The molecule has 0 aliphatic rings. The van der Waals surface area contributed by atoms with E-state index in [0.717, 1.165) is 12.0 Å². The molecular weight excluding hydrogens is 376 g/mol. The second-order valence-electron chi connectivity index (χ2n) is 5.74. The molecule has 1 aromatic carbocycles. The zero-order valence-electron chi connectivity index (χ0n) is 17.2. The number of nitrogens with two attached hydrogens (primary N) is 2. The topological polar surface area (TPSA) is 70.5 Å². The highest BCUT2D eigenvalue weighted by molar-refractivity contribution is 7.80. The van der Waals surface area contributed by atoms with Crippen LogP contribution in [-0.4, -0.2) is 17.0 Å². The van der Waals surface area contributed by atoms with E-state index in [4.69, 9.17) is 20.9 Å². The molecule has 156 valence electrons. The summed E-state index contributed by atoms with van der Waals surface area (Å²) in [6.07, 6.45) is 10.4. The Morgan fingerprint density at radius 2 is 1.26 bits per heavy atom. The summed E-state index contributed by atoms with van der Waals surface area (Å²) < 4.78 is 9.93. The number of benzene rings is 1. The third kappa shape index (κ3) is 24.6. The normalized spacial score (nSPS) is 9.15. The Labute approximate surface area is 177 Å². The van der Waals surface area contributed by atoms with E-state index in [2.05, 4.69) is 31.4 Å². The second kappa shape index (κ2) is 22.6. The lowest BCUT2D eigenvalue weighted by Crippen LogP contribution is -2.13. The minimum Gasteiger partial charge on any atom is -0.471 e. The molecule has 0 saturated heterocycles. The average Bonchev–Trinajstić information content (AvgIpc) is 2.68. The largest absolute Gasteiger partial charge is 0.471 e. The molecule has 0 aromatic heterocycles. The van der Waals surface area contributed by atoms with E-state index < -0.39 is 0 Å². The molecule has 0 unspecified atom stereocenters. The van der Waals surface area contributed by atoms with Crippen LogP contribution in [-0.2, 0) is 16.1 Å². The molecule has 1 aromatic rings. The minimum atomic E-state index is 0.0915. The summed E-state index contributed by atoms with van der Waals surface area (Å²) in [5, 5.41) is 0.266. The van der Waals surface area contributed by atoms with Gasteiger partial charge in [0.2, 0.25) is 0 Å². The first kappa shape index (κ1) is 27.8. The number of hydrogen-bond donors (Lipinski definition) is 2. The zero-order valence-corrected chi connectivity index (χ0v) is 18.9. The summed E-state index contributed by atoms with van der Waals surface area (Å²) in [7, 11) is 0. The van der Waals surface area contributed by atoms with E-state index in [-0.39, 0.29) is 10.3 Å². The Hall–Kier alpha value is -1.40. The quantitative estimate of drug-likeness (QED) is 0.349. The molecule has 0 radical (unpaired) electrons. The first-order valence-corrected chi connectivity index (χ1v) is 10.8. The van der Waals surface area contributed by atoms with E-state index in [0.29, 0.717) is 13.2 Å². The van der Waals surface area contributed by atoms with Crippen LogP contribution >= 0.6 is 24.4 Å². The predicted molar refractivity (Wildman–Crippen MR) is 125 cm³/mol. The Morgan fingerprint density at radius 3 is 1.74 bits per heavy atom. The number of thiocarbonyl (C=S) groups is 2. The van der Waals surface area contributed by atoms with Crippen LogP contribution in [0.15, 0.2) is 30.3 Å². The lowest BCUT2D eigenvalue weighted by atomic mass is 10.1. The smallest absolute Gasteiger partial charge is 0.254 e. The highest BCUT2D eigenvalue weighted by atomic mass is 32.1. The van der Waals surface area contributed by atoms with Gasteiger partial charge in [-0.15, -0.1) is 0 Å². The van der Waals surface area contributed by atoms with Crippen molar-refractivity contribution in [2.24, 2.45) is 11.5 Å².